The molecule has 3 atom stereocenters. The molecule has 7 heteroatoms. The van der Waals surface area contributed by atoms with E-state index in [9.17, 15) is 4.79 Å². The molecule has 1 fully saturated rings. The van der Waals surface area contributed by atoms with Crippen molar-refractivity contribution in [3.05, 3.63) is 29.3 Å². The molecule has 1 aromatic carbocycles. The zero-order valence-corrected chi connectivity index (χ0v) is 15.9. The van der Waals surface area contributed by atoms with Crippen molar-refractivity contribution >= 4 is 29.3 Å². The SMILES string of the molecule is C[C@@H]1[C@H](C)CCC[C@@H]1NC(=O)CSc1nnc(-c2cccc(Cl)c2)o1. The Balaban J connectivity index is 1.53. The number of amides is 1. The second-order valence-corrected chi connectivity index (χ2v) is 7.98. The van der Waals surface area contributed by atoms with Crippen LogP contribution in [0.5, 0.6) is 0 Å². The average Bonchev–Trinajstić information content (AvgIpc) is 3.06. The summed E-state index contributed by atoms with van der Waals surface area (Å²) in [4.78, 5) is 12.2. The Kier molecular flexibility index (Phi) is 6.02. The lowest BCUT2D eigenvalue weighted by Crippen LogP contribution is -2.44. The van der Waals surface area contributed by atoms with Gasteiger partial charge in [-0.05, 0) is 36.5 Å². The fourth-order valence-electron chi connectivity index (χ4n) is 3.17. The van der Waals surface area contributed by atoms with Crippen LogP contribution in [0.25, 0.3) is 11.5 Å². The summed E-state index contributed by atoms with van der Waals surface area (Å²) in [7, 11) is 0. The molecule has 1 amide bonds. The van der Waals surface area contributed by atoms with Crippen molar-refractivity contribution in [3.8, 4) is 11.5 Å². The van der Waals surface area contributed by atoms with Crippen LogP contribution < -0.4 is 5.32 Å². The fourth-order valence-corrected chi connectivity index (χ4v) is 3.93. The van der Waals surface area contributed by atoms with Crippen LogP contribution in [0.1, 0.15) is 33.1 Å². The highest BCUT2D eigenvalue weighted by Crippen LogP contribution is 2.30. The Hall–Kier alpha value is -1.53. The van der Waals surface area contributed by atoms with Crippen LogP contribution in [-0.4, -0.2) is 27.9 Å². The van der Waals surface area contributed by atoms with E-state index in [1.54, 1.807) is 12.1 Å². The van der Waals surface area contributed by atoms with Crippen molar-refractivity contribution in [1.82, 2.24) is 15.5 Å². The summed E-state index contributed by atoms with van der Waals surface area (Å²) < 4.78 is 5.61. The van der Waals surface area contributed by atoms with Crippen LogP contribution in [0.4, 0.5) is 0 Å². The first-order valence-electron chi connectivity index (χ1n) is 8.54. The zero-order valence-electron chi connectivity index (χ0n) is 14.4. The average molecular weight is 380 g/mol. The summed E-state index contributed by atoms with van der Waals surface area (Å²) in [5, 5.41) is 12.2. The van der Waals surface area contributed by atoms with Gasteiger partial charge in [0.25, 0.3) is 5.22 Å². The maximum absolute atomic E-state index is 12.2. The van der Waals surface area contributed by atoms with Crippen molar-refractivity contribution in [2.45, 2.75) is 44.4 Å². The molecule has 1 N–H and O–H groups in total. The van der Waals surface area contributed by atoms with Crippen LogP contribution in [-0.2, 0) is 4.79 Å². The smallest absolute Gasteiger partial charge is 0.277 e. The number of halogens is 1. The van der Waals surface area contributed by atoms with Crippen molar-refractivity contribution in [3.63, 3.8) is 0 Å². The lowest BCUT2D eigenvalue weighted by molar-refractivity contribution is -0.120. The zero-order chi connectivity index (χ0) is 17.8. The molecule has 1 saturated carbocycles. The molecule has 5 nitrogen and oxygen atoms in total. The standard InChI is InChI=1S/C18H22ClN3O2S/c1-11-5-3-8-15(12(11)2)20-16(23)10-25-18-22-21-17(24-18)13-6-4-7-14(19)9-13/h4,6-7,9,11-12,15H,3,5,8,10H2,1-2H3,(H,20,23)/t11-,12-,15+/m1/s1. The predicted molar refractivity (Wildman–Crippen MR) is 99.6 cm³/mol. The Bertz CT molecular complexity index is 737. The minimum absolute atomic E-state index is 0.0125. The molecule has 0 spiro atoms. The van der Waals surface area contributed by atoms with Crippen LogP contribution >= 0.6 is 23.4 Å². The number of rotatable bonds is 5. The largest absolute Gasteiger partial charge is 0.411 e. The molecular formula is C18H22ClN3O2S. The molecule has 1 heterocycles. The lowest BCUT2D eigenvalue weighted by atomic mass is 9.78. The number of nitrogens with one attached hydrogen (secondary N) is 1. The van der Waals surface area contributed by atoms with Gasteiger partial charge in [0.05, 0.1) is 5.75 Å². The molecule has 2 aromatic rings. The first-order chi connectivity index (χ1) is 12.0. The number of carbonyl (C=O) groups excluding carboxylic acids is 1. The summed E-state index contributed by atoms with van der Waals surface area (Å²) in [5.74, 6) is 1.86. The van der Waals surface area contributed by atoms with E-state index in [1.807, 2.05) is 12.1 Å². The topological polar surface area (TPSA) is 68.0 Å². The number of carbonyl (C=O) groups is 1. The van der Waals surface area contributed by atoms with Crippen molar-refractivity contribution < 1.29 is 9.21 Å². The molecule has 0 unspecified atom stereocenters. The summed E-state index contributed by atoms with van der Waals surface area (Å²) >= 11 is 7.22. The van der Waals surface area contributed by atoms with Gasteiger partial charge in [0, 0.05) is 16.6 Å². The van der Waals surface area contributed by atoms with Gasteiger partial charge >= 0.3 is 0 Å². The van der Waals surface area contributed by atoms with E-state index in [0.717, 1.165) is 12.0 Å². The van der Waals surface area contributed by atoms with Crippen LogP contribution in [0, 0.1) is 11.8 Å². The number of hydrogen-bond acceptors (Lipinski definition) is 5. The summed E-state index contributed by atoms with van der Waals surface area (Å²) in [6.07, 6.45) is 3.48. The number of hydrogen-bond donors (Lipinski definition) is 1. The third-order valence-electron chi connectivity index (χ3n) is 4.86. The van der Waals surface area contributed by atoms with Gasteiger partial charge in [-0.25, -0.2) is 0 Å². The number of thioether (sulfide) groups is 1. The van der Waals surface area contributed by atoms with E-state index >= 15 is 0 Å². The van der Waals surface area contributed by atoms with E-state index in [2.05, 4.69) is 29.4 Å². The van der Waals surface area contributed by atoms with E-state index in [-0.39, 0.29) is 17.7 Å². The minimum atomic E-state index is 0.0125. The summed E-state index contributed by atoms with van der Waals surface area (Å²) in [6.45, 7) is 4.48. The highest BCUT2D eigenvalue weighted by molar-refractivity contribution is 7.99. The Morgan fingerprint density at radius 2 is 2.20 bits per heavy atom. The quantitative estimate of drug-likeness (QED) is 0.778. The molecule has 0 radical (unpaired) electrons. The van der Waals surface area contributed by atoms with Gasteiger partial charge < -0.3 is 9.73 Å². The molecule has 0 aliphatic heterocycles. The second kappa shape index (κ2) is 8.23. The fraction of sp³-hybridized carbons (Fsp3) is 0.500. The van der Waals surface area contributed by atoms with Crippen LogP contribution in [0.2, 0.25) is 5.02 Å². The molecule has 0 saturated heterocycles. The lowest BCUT2D eigenvalue weighted by Gasteiger charge is -2.34. The number of benzene rings is 1. The van der Waals surface area contributed by atoms with Crippen molar-refractivity contribution in [2.24, 2.45) is 11.8 Å². The Morgan fingerprint density at radius 3 is 3.00 bits per heavy atom. The molecular weight excluding hydrogens is 358 g/mol. The molecule has 1 aliphatic carbocycles. The first kappa shape index (κ1) is 18.3. The van der Waals surface area contributed by atoms with Crippen molar-refractivity contribution in [2.75, 3.05) is 5.75 Å². The molecule has 3 rings (SSSR count). The van der Waals surface area contributed by atoms with E-state index < -0.39 is 0 Å². The van der Waals surface area contributed by atoms with Gasteiger partial charge in [-0.1, -0.05) is 56.1 Å². The highest BCUT2D eigenvalue weighted by atomic mass is 35.5. The van der Waals surface area contributed by atoms with Gasteiger partial charge in [0.1, 0.15) is 0 Å². The first-order valence-corrected chi connectivity index (χ1v) is 9.91. The van der Waals surface area contributed by atoms with E-state index in [4.69, 9.17) is 16.0 Å². The summed E-state index contributed by atoms with van der Waals surface area (Å²) in [6, 6.07) is 7.50. The predicted octanol–water partition coefficient (Wildman–Crippen LogP) is 4.42. The van der Waals surface area contributed by atoms with E-state index in [1.165, 1.54) is 24.6 Å². The molecule has 0 bridgehead atoms. The third kappa shape index (κ3) is 4.76. The Morgan fingerprint density at radius 1 is 1.36 bits per heavy atom. The second-order valence-electron chi connectivity index (χ2n) is 6.61. The molecule has 1 aliphatic rings. The number of aromatic nitrogens is 2. The number of nitrogens with zero attached hydrogens (tertiary/aromatic N) is 2. The maximum atomic E-state index is 12.2. The van der Waals surface area contributed by atoms with Gasteiger partial charge in [-0.2, -0.15) is 0 Å². The molecule has 1 aromatic heterocycles. The van der Waals surface area contributed by atoms with Crippen LogP contribution in [0.15, 0.2) is 33.9 Å². The summed E-state index contributed by atoms with van der Waals surface area (Å²) in [5.41, 5.74) is 0.765. The van der Waals surface area contributed by atoms with E-state index in [0.29, 0.717) is 28.0 Å². The molecule has 134 valence electrons. The van der Waals surface area contributed by atoms with Gasteiger partial charge in [-0.3, -0.25) is 4.79 Å². The minimum Gasteiger partial charge on any atom is -0.411 e. The third-order valence-corrected chi connectivity index (χ3v) is 5.91. The normalized spacial score (nSPS) is 23.4. The maximum Gasteiger partial charge on any atom is 0.277 e. The van der Waals surface area contributed by atoms with Gasteiger partial charge in [0.15, 0.2) is 0 Å². The highest BCUT2D eigenvalue weighted by Gasteiger charge is 2.28. The van der Waals surface area contributed by atoms with Gasteiger partial charge in [-0.15, -0.1) is 10.2 Å². The molecule has 25 heavy (non-hydrogen) atoms. The monoisotopic (exact) mass is 379 g/mol. The van der Waals surface area contributed by atoms with Crippen LogP contribution in [0.3, 0.4) is 0 Å². The Labute approximate surface area is 156 Å². The van der Waals surface area contributed by atoms with Crippen molar-refractivity contribution in [1.29, 1.82) is 0 Å². The van der Waals surface area contributed by atoms with Gasteiger partial charge in [0.2, 0.25) is 11.8 Å².